The number of benzene rings is 14. The fraction of sp³-hybridized carbons (Fsp3) is 0.150. The number of fused-ring (bicyclic) bond motifs is 2. The van der Waals surface area contributed by atoms with Crippen LogP contribution in [0.3, 0.4) is 0 Å². The van der Waals surface area contributed by atoms with E-state index in [1.54, 1.807) is 24.3 Å². The van der Waals surface area contributed by atoms with Crippen molar-refractivity contribution < 1.29 is 61.6 Å². The average Bonchev–Trinajstić information content (AvgIpc) is 0.711. The Labute approximate surface area is 683 Å². The first-order valence-corrected chi connectivity index (χ1v) is 39.5. The summed E-state index contributed by atoms with van der Waals surface area (Å²) in [5.41, 5.74) is 11.1. The molecule has 0 spiro atoms. The van der Waals surface area contributed by atoms with Crippen molar-refractivity contribution in [3.63, 3.8) is 0 Å². The van der Waals surface area contributed by atoms with Crippen LogP contribution in [-0.2, 0) is 75.4 Å². The molecule has 2 aliphatic heterocycles. The molecule has 0 aliphatic carbocycles. The van der Waals surface area contributed by atoms with Gasteiger partial charge in [-0.15, -0.1) is 0 Å². The smallest absolute Gasteiger partial charge is 0.338 e. The Bertz CT molecular complexity index is 5510. The molecule has 2 aliphatic rings. The van der Waals surface area contributed by atoms with Gasteiger partial charge in [0, 0.05) is 34.7 Å². The van der Waals surface area contributed by atoms with Gasteiger partial charge in [-0.3, -0.25) is 0 Å². The number of carbonyl (C=O) groups excluding carboxylic acids is 1. The van der Waals surface area contributed by atoms with E-state index in [2.05, 4.69) is 15.9 Å². The van der Waals surface area contributed by atoms with Gasteiger partial charge in [-0.05, 0) is 108 Å². The van der Waals surface area contributed by atoms with E-state index in [1.807, 2.05) is 322 Å². The van der Waals surface area contributed by atoms with E-state index in [9.17, 15) is 0 Å². The normalized spacial score (nSPS) is 15.3. The molecule has 0 N–H and O–H groups in total. The summed E-state index contributed by atoms with van der Waals surface area (Å²) in [6, 6.07) is 112. The van der Waals surface area contributed by atoms with Crippen molar-refractivity contribution in [3.05, 3.63) is 439 Å². The van der Waals surface area contributed by atoms with Gasteiger partial charge in [0.2, 0.25) is 0 Å². The van der Waals surface area contributed by atoms with E-state index in [0.717, 1.165) is 50.1 Å². The van der Waals surface area contributed by atoms with Crippen LogP contribution in [0.4, 0.5) is 0 Å². The minimum atomic E-state index is -1.38. The molecule has 13 nitrogen and oxygen atoms in total. The molecular weight excluding hydrogens is 1520 g/mol. The molecular formula is C100H82BrClO13. The topological polar surface area (TPSA) is 128 Å². The Balaban J connectivity index is 0.949. The highest BCUT2D eigenvalue weighted by Gasteiger charge is 2.51. The molecule has 0 radical (unpaired) electrons. The van der Waals surface area contributed by atoms with E-state index in [-0.39, 0.29) is 81.4 Å². The maximum absolute atomic E-state index is 15.9. The van der Waals surface area contributed by atoms with Crippen molar-refractivity contribution >= 4 is 33.5 Å². The molecule has 0 bridgehead atoms. The fourth-order valence-corrected chi connectivity index (χ4v) is 15.2. The van der Waals surface area contributed by atoms with E-state index in [0.29, 0.717) is 84.9 Å². The molecule has 5 unspecified atom stereocenters. The molecule has 574 valence electrons. The van der Waals surface area contributed by atoms with Gasteiger partial charge in [-0.2, -0.15) is 0 Å². The van der Waals surface area contributed by atoms with Crippen LogP contribution in [0.15, 0.2) is 350 Å². The molecule has 115 heavy (non-hydrogen) atoms. The number of carbonyl (C=O) groups is 1. The largest absolute Gasteiger partial charge is 0.488 e. The van der Waals surface area contributed by atoms with E-state index >= 15 is 4.79 Å². The van der Waals surface area contributed by atoms with Gasteiger partial charge in [0.1, 0.15) is 103 Å². The Hall–Kier alpha value is -12.7. The first-order valence-electron chi connectivity index (χ1n) is 38.4. The highest BCUT2D eigenvalue weighted by molar-refractivity contribution is 9.10. The summed E-state index contributed by atoms with van der Waals surface area (Å²) in [6.45, 7) is 1.43. The zero-order chi connectivity index (χ0) is 77.9. The lowest BCUT2D eigenvalue weighted by Crippen LogP contribution is -2.40. The lowest BCUT2D eigenvalue weighted by atomic mass is 9.77. The van der Waals surface area contributed by atoms with Gasteiger partial charge < -0.3 is 56.8 Å². The maximum Gasteiger partial charge on any atom is 0.338 e. The summed E-state index contributed by atoms with van der Waals surface area (Å²) in [6.07, 6.45) is -4.10. The van der Waals surface area contributed by atoms with Gasteiger partial charge in [0.25, 0.3) is 0 Å². The molecule has 15 heteroatoms. The molecule has 5 atom stereocenters. The Kier molecular flexibility index (Phi) is 24.7. The third kappa shape index (κ3) is 18.8. The van der Waals surface area contributed by atoms with Gasteiger partial charge in [-0.1, -0.05) is 315 Å². The molecule has 0 saturated carbocycles. The third-order valence-corrected chi connectivity index (χ3v) is 21.2. The lowest BCUT2D eigenvalue weighted by Gasteiger charge is -2.43. The standard InChI is InChI=1S/C100H82BrClO13/c101-91-86(109-64-73-41-21-6-22-42-73)58-85(108-63-72-39-19-5-20-40-72)88-89(99(115-100(103)77-49-29-10-30-50-77)94(114-97(88)91)79-52-54-82(105-60-69-33-13-2-14-34-69)84(56-79)107-62-71-37-17-4-18-38-71)90-95(111-66-75-45-25-8-26-46-75)80-57-87(110-65-74-43-23-7-24-44-74)93(113-96(80)92(102)98(90)112-67-76-47-27-9-28-48-76)78-51-53-81(104-59-68-31-11-1-12-32-68)83(55-78)106-61-70-35-15-3-16-36-70/h1-56,58,87,89,93-94,99H,57,59-67H2. The first kappa shape index (κ1) is 76.3. The van der Waals surface area contributed by atoms with Gasteiger partial charge >= 0.3 is 5.97 Å². The summed E-state index contributed by atoms with van der Waals surface area (Å²) >= 11 is 12.7. The predicted molar refractivity (Wildman–Crippen MR) is 448 cm³/mol. The van der Waals surface area contributed by atoms with Crippen molar-refractivity contribution in [1.29, 1.82) is 0 Å². The highest BCUT2D eigenvalue weighted by atomic mass is 79.9. The molecule has 0 aromatic heterocycles. The Morgan fingerprint density at radius 3 is 1.07 bits per heavy atom. The highest BCUT2D eigenvalue weighted by Crippen LogP contribution is 2.63. The molecule has 14 aromatic rings. The molecule has 0 saturated heterocycles. The Morgan fingerprint density at radius 1 is 0.330 bits per heavy atom. The van der Waals surface area contributed by atoms with Crippen LogP contribution >= 0.6 is 27.5 Å². The molecule has 2 heterocycles. The quantitative estimate of drug-likeness (QED) is 0.0372. The molecule has 0 amide bonds. The van der Waals surface area contributed by atoms with Crippen molar-refractivity contribution in [2.45, 2.75) is 96.2 Å². The van der Waals surface area contributed by atoms with Gasteiger partial charge in [0.05, 0.1) is 18.1 Å². The average molecular weight is 1610 g/mol. The zero-order valence-electron chi connectivity index (χ0n) is 62.9. The minimum Gasteiger partial charge on any atom is -0.488 e. The number of rotatable bonds is 32. The fourth-order valence-electron chi connectivity index (χ4n) is 14.3. The van der Waals surface area contributed by atoms with Crippen LogP contribution in [0, 0.1) is 0 Å². The molecule has 0 fully saturated rings. The van der Waals surface area contributed by atoms with Crippen molar-refractivity contribution in [2.24, 2.45) is 0 Å². The number of esters is 1. The molecule has 14 aromatic carbocycles. The number of hydrogen-bond acceptors (Lipinski definition) is 13. The van der Waals surface area contributed by atoms with Crippen molar-refractivity contribution in [3.8, 4) is 57.5 Å². The zero-order valence-corrected chi connectivity index (χ0v) is 65.3. The lowest BCUT2D eigenvalue weighted by molar-refractivity contribution is -0.0470. The van der Waals surface area contributed by atoms with Crippen molar-refractivity contribution in [1.82, 2.24) is 0 Å². The molecule has 16 rings (SSSR count). The van der Waals surface area contributed by atoms with Crippen LogP contribution in [0.2, 0.25) is 5.02 Å². The second-order valence-corrected chi connectivity index (χ2v) is 29.2. The van der Waals surface area contributed by atoms with Crippen LogP contribution in [0.25, 0.3) is 0 Å². The number of hydrogen-bond donors (Lipinski definition) is 0. The van der Waals surface area contributed by atoms with Crippen LogP contribution in [0.1, 0.15) is 106 Å². The van der Waals surface area contributed by atoms with E-state index in [1.165, 1.54) is 0 Å². The van der Waals surface area contributed by atoms with E-state index < -0.39 is 36.3 Å². The SMILES string of the molecule is O=C(OC1C(c2ccc(OCc3ccccc3)c(OCc3ccccc3)c2)Oc2c(Br)c(OCc3ccccc3)cc(OCc3ccccc3)c2C1c1c(OCc2ccccc2)c(Cl)c2c(c1OCc1ccccc1)CC(OCc1ccccc1)C(c1ccc(OCc3ccccc3)c(OCc3ccccc3)c1)O2)c1ccccc1. The van der Waals surface area contributed by atoms with Crippen molar-refractivity contribution in [2.75, 3.05) is 0 Å². The second kappa shape index (κ2) is 37.3. The van der Waals surface area contributed by atoms with Crippen LogP contribution in [-0.4, -0.2) is 18.2 Å². The monoisotopic (exact) mass is 1600 g/mol. The summed E-state index contributed by atoms with van der Waals surface area (Å²) in [7, 11) is 0. The number of ether oxygens (including phenoxy) is 12. The van der Waals surface area contributed by atoms with Gasteiger partial charge in [-0.25, -0.2) is 4.79 Å². The Morgan fingerprint density at radius 2 is 0.661 bits per heavy atom. The number of halogens is 2. The minimum absolute atomic E-state index is 0.00285. The maximum atomic E-state index is 15.9. The van der Waals surface area contributed by atoms with E-state index in [4.69, 9.17) is 68.4 Å². The first-order chi connectivity index (χ1) is 56.8. The third-order valence-electron chi connectivity index (χ3n) is 20.1. The van der Waals surface area contributed by atoms with Crippen LogP contribution < -0.4 is 47.4 Å². The summed E-state index contributed by atoms with van der Waals surface area (Å²) in [5, 5.41) is 0.103. The summed E-state index contributed by atoms with van der Waals surface area (Å²) in [5.74, 6) is 1.78. The summed E-state index contributed by atoms with van der Waals surface area (Å²) < 4.78 is 87.3. The van der Waals surface area contributed by atoms with Crippen LogP contribution in [0.5, 0.6) is 57.5 Å². The summed E-state index contributed by atoms with van der Waals surface area (Å²) in [4.78, 5) is 15.9. The second-order valence-electron chi connectivity index (χ2n) is 28.1. The predicted octanol–water partition coefficient (Wildman–Crippen LogP) is 23.5. The van der Waals surface area contributed by atoms with Gasteiger partial charge in [0.15, 0.2) is 41.3 Å².